The van der Waals surface area contributed by atoms with Crippen molar-refractivity contribution in [1.82, 2.24) is 4.90 Å². The third-order valence-electron chi connectivity index (χ3n) is 1.87. The Morgan fingerprint density at radius 3 is 2.43 bits per heavy atom. The highest BCUT2D eigenvalue weighted by Crippen LogP contribution is 2.01. The van der Waals surface area contributed by atoms with Crippen LogP contribution in [0.2, 0.25) is 0 Å². The maximum atomic E-state index is 11.5. The minimum atomic E-state index is -1.08. The van der Waals surface area contributed by atoms with Crippen molar-refractivity contribution in [2.75, 3.05) is 13.6 Å². The van der Waals surface area contributed by atoms with Crippen molar-refractivity contribution < 1.29 is 14.7 Å². The summed E-state index contributed by atoms with van der Waals surface area (Å²) in [6.07, 6.45) is 2.88. The van der Waals surface area contributed by atoms with Gasteiger partial charge in [0.2, 0.25) is 5.91 Å². The van der Waals surface area contributed by atoms with Crippen LogP contribution in [-0.2, 0) is 9.59 Å². The molecule has 0 aromatic carbocycles. The third-order valence-corrected chi connectivity index (χ3v) is 1.87. The SMILES string of the molecule is CCCCN(C)C(=O)/C(C)=C/C(=O)O. The summed E-state index contributed by atoms with van der Waals surface area (Å²) in [5, 5.41) is 8.44. The topological polar surface area (TPSA) is 57.6 Å². The number of hydrogen-bond donors (Lipinski definition) is 1. The minimum Gasteiger partial charge on any atom is -0.478 e. The van der Waals surface area contributed by atoms with Gasteiger partial charge < -0.3 is 10.0 Å². The van der Waals surface area contributed by atoms with Crippen molar-refractivity contribution in [2.45, 2.75) is 26.7 Å². The molecule has 1 N–H and O–H groups in total. The van der Waals surface area contributed by atoms with Crippen LogP contribution in [-0.4, -0.2) is 35.5 Å². The van der Waals surface area contributed by atoms with E-state index in [2.05, 4.69) is 0 Å². The molecule has 0 aliphatic carbocycles. The number of carbonyl (C=O) groups is 2. The molecule has 0 saturated carbocycles. The van der Waals surface area contributed by atoms with Gasteiger partial charge in [-0.05, 0) is 13.3 Å². The first-order chi connectivity index (χ1) is 6.49. The van der Waals surface area contributed by atoms with E-state index in [1.807, 2.05) is 6.92 Å². The third kappa shape index (κ3) is 4.64. The van der Waals surface area contributed by atoms with E-state index in [0.29, 0.717) is 6.54 Å². The molecular formula is C10H17NO3. The summed E-state index contributed by atoms with van der Waals surface area (Å²) in [4.78, 5) is 23.3. The Bertz CT molecular complexity index is 246. The summed E-state index contributed by atoms with van der Waals surface area (Å²) in [5.41, 5.74) is 0.260. The number of carboxylic acids is 1. The molecule has 0 saturated heterocycles. The molecule has 4 heteroatoms. The second-order valence-corrected chi connectivity index (χ2v) is 3.25. The average Bonchev–Trinajstić information content (AvgIpc) is 2.11. The molecule has 0 radical (unpaired) electrons. The van der Waals surface area contributed by atoms with Crippen molar-refractivity contribution in [3.05, 3.63) is 11.6 Å². The van der Waals surface area contributed by atoms with Crippen LogP contribution < -0.4 is 0 Å². The summed E-state index contributed by atoms with van der Waals surface area (Å²) in [6.45, 7) is 4.22. The standard InChI is InChI=1S/C10H17NO3/c1-4-5-6-11(3)10(14)8(2)7-9(12)13/h7H,4-6H2,1-3H3,(H,12,13)/b8-7+. The molecule has 14 heavy (non-hydrogen) atoms. The van der Waals surface area contributed by atoms with Gasteiger partial charge in [-0.3, -0.25) is 4.79 Å². The second-order valence-electron chi connectivity index (χ2n) is 3.25. The van der Waals surface area contributed by atoms with Gasteiger partial charge in [0.25, 0.3) is 0 Å². The van der Waals surface area contributed by atoms with Gasteiger partial charge in [-0.2, -0.15) is 0 Å². The first-order valence-corrected chi connectivity index (χ1v) is 4.65. The Morgan fingerprint density at radius 2 is 2.00 bits per heavy atom. The van der Waals surface area contributed by atoms with Crippen LogP contribution >= 0.6 is 0 Å². The summed E-state index contributed by atoms with van der Waals surface area (Å²) in [6, 6.07) is 0. The molecule has 0 aromatic rings. The molecule has 0 bridgehead atoms. The predicted octanol–water partition coefficient (Wildman–Crippen LogP) is 1.28. The van der Waals surface area contributed by atoms with E-state index < -0.39 is 5.97 Å². The van der Waals surface area contributed by atoms with Crippen molar-refractivity contribution in [3.8, 4) is 0 Å². The van der Waals surface area contributed by atoms with E-state index in [-0.39, 0.29) is 11.5 Å². The van der Waals surface area contributed by atoms with E-state index in [9.17, 15) is 9.59 Å². The lowest BCUT2D eigenvalue weighted by Crippen LogP contribution is -2.28. The van der Waals surface area contributed by atoms with Gasteiger partial charge in [-0.1, -0.05) is 13.3 Å². The lowest BCUT2D eigenvalue weighted by Gasteiger charge is -2.16. The lowest BCUT2D eigenvalue weighted by molar-refractivity contribution is -0.132. The summed E-state index contributed by atoms with van der Waals surface area (Å²) in [7, 11) is 1.68. The molecule has 0 aromatic heterocycles. The summed E-state index contributed by atoms with van der Waals surface area (Å²) < 4.78 is 0. The molecule has 0 unspecified atom stereocenters. The molecule has 0 aliphatic rings. The van der Waals surface area contributed by atoms with Crippen LogP contribution in [0, 0.1) is 0 Å². The van der Waals surface area contributed by atoms with Gasteiger partial charge >= 0.3 is 5.97 Å². The maximum Gasteiger partial charge on any atom is 0.328 e. The Hall–Kier alpha value is -1.32. The predicted molar refractivity (Wildman–Crippen MR) is 53.9 cm³/mol. The van der Waals surface area contributed by atoms with E-state index in [1.165, 1.54) is 11.8 Å². The molecule has 0 heterocycles. The fourth-order valence-corrected chi connectivity index (χ4v) is 1.04. The zero-order valence-corrected chi connectivity index (χ0v) is 8.91. The lowest BCUT2D eigenvalue weighted by atomic mass is 10.2. The maximum absolute atomic E-state index is 11.5. The monoisotopic (exact) mass is 199 g/mol. The highest BCUT2D eigenvalue weighted by atomic mass is 16.4. The van der Waals surface area contributed by atoms with Crippen molar-refractivity contribution in [1.29, 1.82) is 0 Å². The van der Waals surface area contributed by atoms with Crippen LogP contribution in [0.5, 0.6) is 0 Å². The van der Waals surface area contributed by atoms with Crippen molar-refractivity contribution in [3.63, 3.8) is 0 Å². The molecule has 0 atom stereocenters. The summed E-state index contributed by atoms with van der Waals surface area (Å²) in [5.74, 6) is -1.31. The molecule has 4 nitrogen and oxygen atoms in total. The van der Waals surface area contributed by atoms with Crippen molar-refractivity contribution >= 4 is 11.9 Å². The molecule has 80 valence electrons. The van der Waals surface area contributed by atoms with Crippen molar-refractivity contribution in [2.24, 2.45) is 0 Å². The summed E-state index contributed by atoms with van der Waals surface area (Å²) >= 11 is 0. The fourth-order valence-electron chi connectivity index (χ4n) is 1.04. The number of carbonyl (C=O) groups excluding carboxylic acids is 1. The first-order valence-electron chi connectivity index (χ1n) is 4.65. The van der Waals surface area contributed by atoms with E-state index in [4.69, 9.17) is 5.11 Å². The van der Waals surface area contributed by atoms with Gasteiger partial charge in [-0.15, -0.1) is 0 Å². The van der Waals surface area contributed by atoms with Crippen LogP contribution in [0.4, 0.5) is 0 Å². The smallest absolute Gasteiger partial charge is 0.328 e. The number of rotatable bonds is 5. The number of hydrogen-bond acceptors (Lipinski definition) is 2. The first kappa shape index (κ1) is 12.7. The van der Waals surface area contributed by atoms with Gasteiger partial charge in [0.1, 0.15) is 0 Å². The van der Waals surface area contributed by atoms with Gasteiger partial charge in [-0.25, -0.2) is 4.79 Å². The zero-order chi connectivity index (χ0) is 11.1. The molecule has 1 amide bonds. The normalized spacial score (nSPS) is 11.2. The number of amides is 1. The number of unbranched alkanes of at least 4 members (excludes halogenated alkanes) is 1. The number of likely N-dealkylation sites (N-methyl/N-ethyl adjacent to an activating group) is 1. The van der Waals surface area contributed by atoms with Gasteiger partial charge in [0, 0.05) is 25.2 Å². The van der Waals surface area contributed by atoms with Crippen LogP contribution in [0.1, 0.15) is 26.7 Å². The van der Waals surface area contributed by atoms with Gasteiger partial charge in [0.05, 0.1) is 0 Å². The Kier molecular flexibility index (Phi) is 5.60. The molecule has 0 spiro atoms. The van der Waals surface area contributed by atoms with Crippen LogP contribution in [0.15, 0.2) is 11.6 Å². The number of aliphatic carboxylic acids is 1. The Labute approximate surface area is 84.2 Å². The van der Waals surface area contributed by atoms with Gasteiger partial charge in [0.15, 0.2) is 0 Å². The Morgan fingerprint density at radius 1 is 1.43 bits per heavy atom. The number of carboxylic acid groups (broad SMARTS) is 1. The van der Waals surface area contributed by atoms with E-state index >= 15 is 0 Å². The van der Waals surface area contributed by atoms with Crippen LogP contribution in [0.25, 0.3) is 0 Å². The highest BCUT2D eigenvalue weighted by molar-refractivity contribution is 5.98. The molecule has 0 rings (SSSR count). The quantitative estimate of drug-likeness (QED) is 0.678. The van der Waals surface area contributed by atoms with Crippen LogP contribution in [0.3, 0.4) is 0 Å². The fraction of sp³-hybridized carbons (Fsp3) is 0.600. The second kappa shape index (κ2) is 6.18. The molecule has 0 fully saturated rings. The average molecular weight is 199 g/mol. The Balaban J connectivity index is 4.24. The highest BCUT2D eigenvalue weighted by Gasteiger charge is 2.10. The zero-order valence-electron chi connectivity index (χ0n) is 8.91. The van der Waals surface area contributed by atoms with E-state index in [0.717, 1.165) is 18.9 Å². The number of nitrogens with zero attached hydrogens (tertiary/aromatic N) is 1. The largest absolute Gasteiger partial charge is 0.478 e. The minimum absolute atomic E-state index is 0.221. The molecule has 0 aliphatic heterocycles. The van der Waals surface area contributed by atoms with E-state index in [1.54, 1.807) is 7.05 Å². The molecular weight excluding hydrogens is 182 g/mol.